The van der Waals surface area contributed by atoms with Gasteiger partial charge in [-0.05, 0) is 12.8 Å². The van der Waals surface area contributed by atoms with Crippen molar-refractivity contribution in [2.75, 3.05) is 6.61 Å². The Morgan fingerprint density at radius 2 is 1.61 bits per heavy atom. The molecule has 8 nitrogen and oxygen atoms in total. The molecule has 0 spiro atoms. The molecule has 1 saturated heterocycles. The summed E-state index contributed by atoms with van der Waals surface area (Å²) in [5, 5.41) is 0. The summed E-state index contributed by atoms with van der Waals surface area (Å²) >= 11 is 0. The fraction of sp³-hybridized carbons (Fsp3) is 0.800. The van der Waals surface area contributed by atoms with Crippen molar-refractivity contribution in [3.63, 3.8) is 0 Å². The first-order chi connectivity index (χ1) is 10.6. The van der Waals surface area contributed by atoms with Crippen molar-refractivity contribution in [3.8, 4) is 0 Å². The molecule has 0 radical (unpaired) electrons. The summed E-state index contributed by atoms with van der Waals surface area (Å²) in [6.45, 7) is 7.65. The summed E-state index contributed by atoms with van der Waals surface area (Å²) in [6.07, 6.45) is -2.80. The van der Waals surface area contributed by atoms with Gasteiger partial charge in [0.1, 0.15) is 18.8 Å². The smallest absolute Gasteiger partial charge is 0.323 e. The van der Waals surface area contributed by atoms with E-state index in [2.05, 4.69) is 0 Å². The SMILES string of the molecule is CC(=O)O[C@@H]1[C@H](OC(C)=O)[C@@H](COC(=O)[C@@H](N)C(C)C)O[C@H]1C. The van der Waals surface area contributed by atoms with E-state index in [1.165, 1.54) is 13.8 Å². The van der Waals surface area contributed by atoms with Crippen LogP contribution in [0.15, 0.2) is 0 Å². The van der Waals surface area contributed by atoms with Crippen LogP contribution in [0.1, 0.15) is 34.6 Å². The second-order valence-corrected chi connectivity index (χ2v) is 5.93. The van der Waals surface area contributed by atoms with E-state index in [9.17, 15) is 14.4 Å². The minimum atomic E-state index is -0.838. The summed E-state index contributed by atoms with van der Waals surface area (Å²) in [6, 6.07) is -0.745. The van der Waals surface area contributed by atoms with Crippen LogP contribution in [-0.2, 0) is 33.3 Å². The predicted octanol–water partition coefficient (Wildman–Crippen LogP) is 0.164. The number of esters is 3. The van der Waals surface area contributed by atoms with E-state index in [0.717, 1.165) is 0 Å². The second kappa shape index (κ2) is 8.26. The third-order valence-corrected chi connectivity index (χ3v) is 3.53. The molecular formula is C15H25NO7. The fourth-order valence-electron chi connectivity index (χ4n) is 2.27. The van der Waals surface area contributed by atoms with Crippen molar-refractivity contribution < 1.29 is 33.3 Å². The monoisotopic (exact) mass is 331 g/mol. The number of rotatable bonds is 6. The minimum Gasteiger partial charge on any atom is -0.462 e. The quantitative estimate of drug-likeness (QED) is 0.541. The lowest BCUT2D eigenvalue weighted by Gasteiger charge is -2.23. The van der Waals surface area contributed by atoms with Gasteiger partial charge >= 0.3 is 17.9 Å². The first-order valence-electron chi connectivity index (χ1n) is 7.55. The molecule has 1 rings (SSSR count). The van der Waals surface area contributed by atoms with Crippen LogP contribution in [-0.4, -0.2) is 55.0 Å². The van der Waals surface area contributed by atoms with Crippen molar-refractivity contribution in [1.82, 2.24) is 0 Å². The molecule has 2 N–H and O–H groups in total. The number of ether oxygens (including phenoxy) is 4. The number of hydrogen-bond acceptors (Lipinski definition) is 8. The van der Waals surface area contributed by atoms with Crippen LogP contribution in [0.4, 0.5) is 0 Å². The third-order valence-electron chi connectivity index (χ3n) is 3.53. The van der Waals surface area contributed by atoms with Crippen LogP contribution in [0.2, 0.25) is 0 Å². The van der Waals surface area contributed by atoms with Gasteiger partial charge in [0.2, 0.25) is 0 Å². The zero-order valence-corrected chi connectivity index (χ0v) is 14.1. The second-order valence-electron chi connectivity index (χ2n) is 5.93. The predicted molar refractivity (Wildman–Crippen MR) is 79.2 cm³/mol. The molecule has 1 aliphatic rings. The molecule has 132 valence electrons. The van der Waals surface area contributed by atoms with E-state index < -0.39 is 48.4 Å². The Bertz CT molecular complexity index is 451. The molecule has 1 heterocycles. The molecule has 23 heavy (non-hydrogen) atoms. The highest BCUT2D eigenvalue weighted by atomic mass is 16.6. The van der Waals surface area contributed by atoms with Crippen molar-refractivity contribution in [2.24, 2.45) is 11.7 Å². The molecule has 8 heteroatoms. The summed E-state index contributed by atoms with van der Waals surface area (Å²) in [7, 11) is 0. The lowest BCUT2D eigenvalue weighted by molar-refractivity contribution is -0.166. The molecule has 1 fully saturated rings. The maximum atomic E-state index is 11.8. The topological polar surface area (TPSA) is 114 Å². The van der Waals surface area contributed by atoms with Crippen LogP contribution in [0.25, 0.3) is 0 Å². The van der Waals surface area contributed by atoms with Crippen molar-refractivity contribution in [1.29, 1.82) is 0 Å². The molecule has 0 bridgehead atoms. The average Bonchev–Trinajstić information content (AvgIpc) is 2.71. The minimum absolute atomic E-state index is 0.0658. The molecule has 1 aliphatic heterocycles. The molecule has 0 saturated carbocycles. The zero-order chi connectivity index (χ0) is 17.7. The van der Waals surface area contributed by atoms with Gasteiger partial charge in [0.25, 0.3) is 0 Å². The zero-order valence-electron chi connectivity index (χ0n) is 14.1. The Morgan fingerprint density at radius 1 is 1.09 bits per heavy atom. The molecule has 0 aromatic rings. The van der Waals surface area contributed by atoms with E-state index in [4.69, 9.17) is 24.7 Å². The number of carbonyl (C=O) groups excluding carboxylic acids is 3. The van der Waals surface area contributed by atoms with Crippen molar-refractivity contribution in [2.45, 2.75) is 65.1 Å². The van der Waals surface area contributed by atoms with E-state index in [1.807, 2.05) is 0 Å². The first-order valence-corrected chi connectivity index (χ1v) is 7.55. The Labute approximate surface area is 135 Å². The Kier molecular flexibility index (Phi) is 6.96. The van der Waals surface area contributed by atoms with E-state index >= 15 is 0 Å². The van der Waals surface area contributed by atoms with Crippen LogP contribution >= 0.6 is 0 Å². The summed E-state index contributed by atoms with van der Waals surface area (Å²) < 4.78 is 21.1. The summed E-state index contributed by atoms with van der Waals surface area (Å²) in [5.41, 5.74) is 5.71. The van der Waals surface area contributed by atoms with Crippen molar-refractivity contribution in [3.05, 3.63) is 0 Å². The molecule has 5 atom stereocenters. The largest absolute Gasteiger partial charge is 0.462 e. The molecule has 0 aromatic carbocycles. The van der Waals surface area contributed by atoms with Crippen LogP contribution in [0.3, 0.4) is 0 Å². The van der Waals surface area contributed by atoms with E-state index in [-0.39, 0.29) is 12.5 Å². The van der Waals surface area contributed by atoms with Gasteiger partial charge in [0.15, 0.2) is 12.2 Å². The lowest BCUT2D eigenvalue weighted by atomic mass is 10.1. The van der Waals surface area contributed by atoms with Gasteiger partial charge in [-0.1, -0.05) is 13.8 Å². The Hall–Kier alpha value is -1.67. The maximum Gasteiger partial charge on any atom is 0.323 e. The van der Waals surface area contributed by atoms with Gasteiger partial charge in [-0.3, -0.25) is 14.4 Å². The molecular weight excluding hydrogens is 306 g/mol. The number of carbonyl (C=O) groups is 3. The highest BCUT2D eigenvalue weighted by Gasteiger charge is 2.47. The van der Waals surface area contributed by atoms with Crippen LogP contribution in [0.5, 0.6) is 0 Å². The lowest BCUT2D eigenvalue weighted by Crippen LogP contribution is -2.42. The van der Waals surface area contributed by atoms with Gasteiger partial charge in [0.05, 0.1) is 6.10 Å². The van der Waals surface area contributed by atoms with Gasteiger partial charge in [-0.25, -0.2) is 0 Å². The van der Waals surface area contributed by atoms with Crippen LogP contribution < -0.4 is 5.73 Å². The molecule has 0 amide bonds. The average molecular weight is 331 g/mol. The van der Waals surface area contributed by atoms with Gasteiger partial charge < -0.3 is 24.7 Å². The number of nitrogens with two attached hydrogens (primary N) is 1. The number of hydrogen-bond donors (Lipinski definition) is 1. The molecule has 0 aliphatic carbocycles. The highest BCUT2D eigenvalue weighted by molar-refractivity contribution is 5.75. The summed E-state index contributed by atoms with van der Waals surface area (Å²) in [5.74, 6) is -1.68. The molecule has 0 aromatic heterocycles. The first kappa shape index (κ1) is 19.4. The fourth-order valence-corrected chi connectivity index (χ4v) is 2.27. The standard InChI is InChI=1S/C15H25NO7/c1-7(2)12(16)15(19)20-6-11-14(23-10(5)18)13(8(3)21-11)22-9(4)17/h7-8,11-14H,6,16H2,1-5H3/t8-,11+,12-,13-,14+/m0/s1. The van der Waals surface area contributed by atoms with Gasteiger partial charge in [-0.15, -0.1) is 0 Å². The van der Waals surface area contributed by atoms with Gasteiger partial charge in [0, 0.05) is 13.8 Å². The Balaban J connectivity index is 2.73. The van der Waals surface area contributed by atoms with E-state index in [1.54, 1.807) is 20.8 Å². The highest BCUT2D eigenvalue weighted by Crippen LogP contribution is 2.27. The van der Waals surface area contributed by atoms with Crippen LogP contribution in [0, 0.1) is 5.92 Å². The van der Waals surface area contributed by atoms with E-state index in [0.29, 0.717) is 0 Å². The summed E-state index contributed by atoms with van der Waals surface area (Å²) in [4.78, 5) is 34.3. The van der Waals surface area contributed by atoms with Gasteiger partial charge in [-0.2, -0.15) is 0 Å². The molecule has 0 unspecified atom stereocenters. The normalized spacial score (nSPS) is 28.3. The Morgan fingerprint density at radius 3 is 2.09 bits per heavy atom. The maximum absolute atomic E-state index is 11.8. The third kappa shape index (κ3) is 5.47. The van der Waals surface area contributed by atoms with Crippen molar-refractivity contribution >= 4 is 17.9 Å².